The topological polar surface area (TPSA) is 108 Å². The Balaban J connectivity index is 2.10. The summed E-state index contributed by atoms with van der Waals surface area (Å²) in [6.45, 7) is 1.27. The summed E-state index contributed by atoms with van der Waals surface area (Å²) >= 11 is 0. The van der Waals surface area contributed by atoms with Crippen LogP contribution in [-0.4, -0.2) is 37.9 Å². The fourth-order valence-corrected chi connectivity index (χ4v) is 5.04. The molecule has 2 aromatic rings. The Hall–Kier alpha value is -3.66. The van der Waals surface area contributed by atoms with Crippen LogP contribution in [-0.2, 0) is 0 Å². The van der Waals surface area contributed by atoms with Crippen LogP contribution in [0, 0.1) is 56.7 Å². The zero-order valence-electron chi connectivity index (χ0n) is 16.9. The van der Waals surface area contributed by atoms with Crippen LogP contribution >= 0.6 is 0 Å². The summed E-state index contributed by atoms with van der Waals surface area (Å²) in [7, 11) is 3.55. The van der Waals surface area contributed by atoms with Gasteiger partial charge in [-0.2, -0.15) is 15.8 Å². The molecule has 1 aliphatic carbocycles. The number of likely N-dealkylation sites (N-methyl/N-ethyl adjacent to an activating group) is 1. The molecule has 0 saturated heterocycles. The number of rotatable bonds is 2. The lowest BCUT2D eigenvalue weighted by atomic mass is 9.54. The van der Waals surface area contributed by atoms with E-state index in [9.17, 15) is 15.8 Å². The van der Waals surface area contributed by atoms with Gasteiger partial charge in [0.2, 0.25) is 0 Å². The summed E-state index contributed by atoms with van der Waals surface area (Å²) in [5.74, 6) is -1.15. The van der Waals surface area contributed by atoms with Crippen molar-refractivity contribution in [3.05, 3.63) is 53.6 Å². The molecule has 2 aromatic carbocycles. The van der Waals surface area contributed by atoms with Crippen molar-refractivity contribution in [2.24, 2.45) is 17.3 Å². The number of nitriles is 3. The van der Waals surface area contributed by atoms with E-state index >= 15 is 0 Å². The molecule has 30 heavy (non-hydrogen) atoms. The van der Waals surface area contributed by atoms with Gasteiger partial charge >= 0.3 is 0 Å². The monoisotopic (exact) mass is 395 g/mol. The minimum atomic E-state index is -1.75. The quantitative estimate of drug-likeness (QED) is 0.781. The maximum Gasteiger partial charge on any atom is 0.189 e. The van der Waals surface area contributed by atoms with E-state index in [1.807, 2.05) is 49.5 Å². The van der Waals surface area contributed by atoms with E-state index in [0.29, 0.717) is 18.8 Å². The maximum absolute atomic E-state index is 10.3. The molecule has 0 radical (unpaired) electrons. The van der Waals surface area contributed by atoms with E-state index in [4.69, 9.17) is 10.1 Å². The number of benzene rings is 2. The molecule has 2 aliphatic rings. The van der Waals surface area contributed by atoms with Gasteiger partial charge in [-0.3, -0.25) is 0 Å². The Labute approximate surface area is 175 Å². The molecule has 1 unspecified atom stereocenters. The van der Waals surface area contributed by atoms with Gasteiger partial charge in [-0.1, -0.05) is 36.4 Å². The second kappa shape index (κ2) is 7.30. The molecule has 6 nitrogen and oxygen atoms in total. The molecule has 1 heterocycles. The van der Waals surface area contributed by atoms with Gasteiger partial charge in [-0.15, -0.1) is 0 Å². The molecule has 0 aromatic heterocycles. The van der Waals surface area contributed by atoms with Crippen LogP contribution in [0.1, 0.15) is 11.5 Å². The lowest BCUT2D eigenvalue weighted by Gasteiger charge is -2.47. The van der Waals surface area contributed by atoms with E-state index < -0.39 is 17.3 Å². The summed E-state index contributed by atoms with van der Waals surface area (Å²) < 4.78 is 5.70. The van der Waals surface area contributed by atoms with Gasteiger partial charge in [0.15, 0.2) is 5.41 Å². The van der Waals surface area contributed by atoms with Gasteiger partial charge in [0.25, 0.3) is 0 Å². The van der Waals surface area contributed by atoms with Gasteiger partial charge in [-0.25, -0.2) is 0 Å². The van der Waals surface area contributed by atoms with E-state index in [0.717, 1.165) is 21.9 Å². The molecule has 6 heteroatoms. The van der Waals surface area contributed by atoms with Crippen LogP contribution in [0.5, 0.6) is 5.75 Å². The highest BCUT2D eigenvalue weighted by Gasteiger charge is 2.58. The lowest BCUT2D eigenvalue weighted by Crippen LogP contribution is -2.52. The van der Waals surface area contributed by atoms with E-state index in [1.54, 1.807) is 7.11 Å². The van der Waals surface area contributed by atoms with Crippen molar-refractivity contribution in [1.82, 2.24) is 4.90 Å². The summed E-state index contributed by atoms with van der Waals surface area (Å²) in [5.41, 5.74) is -0.298. The third kappa shape index (κ3) is 2.61. The third-order valence-corrected chi connectivity index (χ3v) is 6.43. The van der Waals surface area contributed by atoms with Crippen molar-refractivity contribution in [1.29, 1.82) is 21.2 Å². The Bertz CT molecular complexity index is 1180. The number of hydrogen-bond donors (Lipinski definition) is 1. The Morgan fingerprint density at radius 2 is 1.87 bits per heavy atom. The SMILES string of the molecule is COc1ccc2ccccc2c1[C@@H]1[C@H]2CN(C)CC=C2C(C#N)C(=N)C1(C#N)C#N. The van der Waals surface area contributed by atoms with Crippen LogP contribution < -0.4 is 4.74 Å². The molecule has 4 rings (SSSR count). The molecule has 1 fully saturated rings. The number of fused-ring (bicyclic) bond motifs is 2. The highest BCUT2D eigenvalue weighted by molar-refractivity contribution is 6.02. The third-order valence-electron chi connectivity index (χ3n) is 6.43. The van der Waals surface area contributed by atoms with Crippen molar-refractivity contribution < 1.29 is 4.74 Å². The molecule has 3 atom stereocenters. The van der Waals surface area contributed by atoms with Gasteiger partial charge < -0.3 is 15.0 Å². The molecule has 0 spiro atoms. The van der Waals surface area contributed by atoms with Crippen LogP contribution in [0.2, 0.25) is 0 Å². The van der Waals surface area contributed by atoms with Gasteiger partial charge in [0.1, 0.15) is 11.7 Å². The summed E-state index contributed by atoms with van der Waals surface area (Å²) in [6, 6.07) is 18.1. The van der Waals surface area contributed by atoms with Crippen molar-refractivity contribution in [2.75, 3.05) is 27.2 Å². The zero-order valence-corrected chi connectivity index (χ0v) is 16.9. The van der Waals surface area contributed by atoms with Gasteiger partial charge in [0, 0.05) is 30.5 Å². The summed E-state index contributed by atoms with van der Waals surface area (Å²) in [5, 5.41) is 41.0. The standard InChI is InChI=1S/C24H21N5O/c1-29-10-9-17-18(11-25)23(28)24(13-26,14-27)22(19(17)12-29)21-16-6-4-3-5-15(16)7-8-20(21)30-2/h3-9,18-19,22,28H,10,12H2,1-2H3/t18?,19-,22-/m0/s1. The van der Waals surface area contributed by atoms with E-state index in [1.165, 1.54) is 0 Å². The predicted octanol–water partition coefficient (Wildman–Crippen LogP) is 3.63. The lowest BCUT2D eigenvalue weighted by molar-refractivity contribution is 0.233. The summed E-state index contributed by atoms with van der Waals surface area (Å²) in [4.78, 5) is 2.11. The molecular weight excluding hydrogens is 374 g/mol. The molecule has 0 bridgehead atoms. The Kier molecular flexibility index (Phi) is 4.78. The van der Waals surface area contributed by atoms with E-state index in [2.05, 4.69) is 23.1 Å². The first-order chi connectivity index (χ1) is 14.5. The van der Waals surface area contributed by atoms with Crippen LogP contribution in [0.15, 0.2) is 48.0 Å². The van der Waals surface area contributed by atoms with Crippen molar-refractivity contribution in [2.45, 2.75) is 5.92 Å². The fraction of sp³-hybridized carbons (Fsp3) is 0.333. The molecule has 148 valence electrons. The highest BCUT2D eigenvalue weighted by Crippen LogP contribution is 2.56. The average molecular weight is 395 g/mol. The van der Waals surface area contributed by atoms with E-state index in [-0.39, 0.29) is 11.6 Å². The average Bonchev–Trinajstić information content (AvgIpc) is 2.78. The maximum atomic E-state index is 10.3. The smallest absolute Gasteiger partial charge is 0.189 e. The Morgan fingerprint density at radius 1 is 1.13 bits per heavy atom. The van der Waals surface area contributed by atoms with Gasteiger partial charge in [-0.05, 0) is 29.5 Å². The Morgan fingerprint density at radius 3 is 2.53 bits per heavy atom. The van der Waals surface area contributed by atoms with Crippen LogP contribution in [0.4, 0.5) is 0 Å². The van der Waals surface area contributed by atoms with Crippen LogP contribution in [0.3, 0.4) is 0 Å². The minimum absolute atomic E-state index is 0.137. The zero-order chi connectivity index (χ0) is 21.5. The number of hydrogen-bond acceptors (Lipinski definition) is 6. The second-order valence-electron chi connectivity index (χ2n) is 7.92. The van der Waals surface area contributed by atoms with Crippen LogP contribution in [0.25, 0.3) is 10.8 Å². The van der Waals surface area contributed by atoms with Gasteiger partial charge in [0.05, 0.1) is 31.0 Å². The highest BCUT2D eigenvalue weighted by atomic mass is 16.5. The molecule has 1 N–H and O–H groups in total. The second-order valence-corrected chi connectivity index (χ2v) is 7.92. The normalized spacial score (nSPS) is 25.4. The van der Waals surface area contributed by atoms with Crippen molar-refractivity contribution >= 4 is 16.5 Å². The first-order valence-corrected chi connectivity index (χ1v) is 9.77. The number of ether oxygens (including phenoxy) is 1. The number of methoxy groups -OCH3 is 1. The largest absolute Gasteiger partial charge is 0.496 e. The first-order valence-electron chi connectivity index (χ1n) is 9.77. The molecule has 1 aliphatic heterocycles. The molecule has 1 saturated carbocycles. The molecule has 0 amide bonds. The predicted molar refractivity (Wildman–Crippen MR) is 113 cm³/mol. The summed E-state index contributed by atoms with van der Waals surface area (Å²) in [6.07, 6.45) is 1.99. The van der Waals surface area contributed by atoms with Crippen molar-refractivity contribution in [3.8, 4) is 24.0 Å². The first kappa shape index (κ1) is 19.6. The number of nitrogens with zero attached hydrogens (tertiary/aromatic N) is 4. The number of nitrogens with one attached hydrogen (secondary N) is 1. The van der Waals surface area contributed by atoms with Crippen molar-refractivity contribution in [3.63, 3.8) is 0 Å². The molecular formula is C24H21N5O. The fourth-order valence-electron chi connectivity index (χ4n) is 5.04. The minimum Gasteiger partial charge on any atom is -0.496 e.